The molecule has 1 N–H and O–H groups in total. The highest BCUT2D eigenvalue weighted by atomic mass is 16.6. The van der Waals surface area contributed by atoms with Crippen LogP contribution in [0.3, 0.4) is 0 Å². The van der Waals surface area contributed by atoms with Crippen molar-refractivity contribution >= 4 is 39.6 Å². The summed E-state index contributed by atoms with van der Waals surface area (Å²) in [5.41, 5.74) is 3.56. The van der Waals surface area contributed by atoms with Crippen molar-refractivity contribution in [1.82, 2.24) is 4.90 Å². The van der Waals surface area contributed by atoms with E-state index in [2.05, 4.69) is 5.32 Å². The van der Waals surface area contributed by atoms with Gasteiger partial charge in [-0.1, -0.05) is 42.5 Å². The van der Waals surface area contributed by atoms with Crippen LogP contribution >= 0.6 is 0 Å². The number of nitrogens with one attached hydrogen (secondary N) is 1. The van der Waals surface area contributed by atoms with Crippen LogP contribution < -0.4 is 5.32 Å². The molecular weight excluding hydrogens is 416 g/mol. The molecule has 2 heterocycles. The summed E-state index contributed by atoms with van der Waals surface area (Å²) >= 11 is 0. The standard InChI is InChI=1S/C27H26N2O4/c1-27(2,3)33-26(31)29-16-18-9-5-4-8-17(18)14-22(29)25(30)28-19-12-13-21-20-10-6-7-11-23(20)32-24(21)15-19/h4-13,15,22H,14,16H2,1-3H3,(H,28,30)/t22-/m1/s1. The Labute approximate surface area is 192 Å². The number of nitrogens with zero attached hydrogens (tertiary/aromatic N) is 1. The Hall–Kier alpha value is -3.80. The van der Waals surface area contributed by atoms with E-state index in [9.17, 15) is 9.59 Å². The third kappa shape index (κ3) is 4.16. The van der Waals surface area contributed by atoms with Gasteiger partial charge in [-0.25, -0.2) is 4.79 Å². The Bertz CT molecular complexity index is 1370. The van der Waals surface area contributed by atoms with Crippen LogP contribution in [0.4, 0.5) is 10.5 Å². The molecule has 4 aromatic rings. The maximum absolute atomic E-state index is 13.4. The number of carbonyl (C=O) groups is 2. The van der Waals surface area contributed by atoms with Crippen molar-refractivity contribution in [3.63, 3.8) is 0 Å². The molecule has 6 heteroatoms. The van der Waals surface area contributed by atoms with E-state index < -0.39 is 17.7 Å². The summed E-state index contributed by atoms with van der Waals surface area (Å²) in [5, 5.41) is 5.00. The summed E-state index contributed by atoms with van der Waals surface area (Å²) in [6, 6.07) is 20.7. The van der Waals surface area contributed by atoms with E-state index in [1.807, 2.05) is 87.5 Å². The molecule has 3 aromatic carbocycles. The van der Waals surface area contributed by atoms with E-state index in [-0.39, 0.29) is 5.91 Å². The smallest absolute Gasteiger partial charge is 0.411 e. The molecule has 0 radical (unpaired) electrons. The third-order valence-electron chi connectivity index (χ3n) is 5.83. The van der Waals surface area contributed by atoms with E-state index in [0.29, 0.717) is 24.2 Å². The summed E-state index contributed by atoms with van der Waals surface area (Å²) in [6.07, 6.45) is -0.0707. The molecule has 0 bridgehead atoms. The molecule has 0 fully saturated rings. The number of amides is 2. The SMILES string of the molecule is CC(C)(C)OC(=O)N1Cc2ccccc2C[C@@H]1C(=O)Nc1ccc2c(c1)oc1ccccc12. The zero-order chi connectivity index (χ0) is 23.2. The number of anilines is 1. The van der Waals surface area contributed by atoms with Gasteiger partial charge in [0.25, 0.3) is 0 Å². The van der Waals surface area contributed by atoms with Crippen LogP contribution in [0.5, 0.6) is 0 Å². The average molecular weight is 443 g/mol. The van der Waals surface area contributed by atoms with Crippen LogP contribution in [0.2, 0.25) is 0 Å². The van der Waals surface area contributed by atoms with Crippen LogP contribution in [0, 0.1) is 0 Å². The summed E-state index contributed by atoms with van der Waals surface area (Å²) in [7, 11) is 0. The normalized spacial score (nSPS) is 16.0. The van der Waals surface area contributed by atoms with Gasteiger partial charge >= 0.3 is 6.09 Å². The second kappa shape index (κ2) is 7.96. The molecule has 1 aliphatic rings. The summed E-state index contributed by atoms with van der Waals surface area (Å²) in [5.74, 6) is -0.258. The molecule has 168 valence electrons. The molecule has 0 spiro atoms. The minimum atomic E-state index is -0.680. The monoisotopic (exact) mass is 442 g/mol. The van der Waals surface area contributed by atoms with E-state index in [1.165, 1.54) is 4.90 Å². The first-order valence-corrected chi connectivity index (χ1v) is 11.1. The summed E-state index contributed by atoms with van der Waals surface area (Å²) in [4.78, 5) is 27.9. The Morgan fingerprint density at radius 2 is 1.64 bits per heavy atom. The Morgan fingerprint density at radius 3 is 2.42 bits per heavy atom. The van der Waals surface area contributed by atoms with E-state index in [0.717, 1.165) is 27.5 Å². The predicted molar refractivity (Wildman–Crippen MR) is 128 cm³/mol. The van der Waals surface area contributed by atoms with Gasteiger partial charge in [-0.15, -0.1) is 0 Å². The molecular formula is C27H26N2O4. The first kappa shape index (κ1) is 21.1. The highest BCUT2D eigenvalue weighted by molar-refractivity contribution is 6.06. The molecule has 1 aromatic heterocycles. The van der Waals surface area contributed by atoms with E-state index in [1.54, 1.807) is 0 Å². The lowest BCUT2D eigenvalue weighted by atomic mass is 9.93. The zero-order valence-corrected chi connectivity index (χ0v) is 18.9. The number of ether oxygens (including phenoxy) is 1. The van der Waals surface area contributed by atoms with Crippen LogP contribution in [0.15, 0.2) is 71.1 Å². The van der Waals surface area contributed by atoms with Crippen molar-refractivity contribution in [3.05, 3.63) is 77.9 Å². The molecule has 1 atom stereocenters. The molecule has 0 unspecified atom stereocenters. The molecule has 33 heavy (non-hydrogen) atoms. The maximum Gasteiger partial charge on any atom is 0.411 e. The van der Waals surface area contributed by atoms with Gasteiger partial charge in [-0.2, -0.15) is 0 Å². The first-order valence-electron chi connectivity index (χ1n) is 11.1. The number of benzene rings is 3. The van der Waals surface area contributed by atoms with E-state index in [4.69, 9.17) is 9.15 Å². The van der Waals surface area contributed by atoms with Gasteiger partial charge in [0.15, 0.2) is 0 Å². The molecule has 6 nitrogen and oxygen atoms in total. The molecule has 2 amide bonds. The Kier molecular flexibility index (Phi) is 5.08. The number of carbonyl (C=O) groups excluding carboxylic acids is 2. The number of hydrogen-bond donors (Lipinski definition) is 1. The molecule has 0 aliphatic carbocycles. The second-order valence-electron chi connectivity index (χ2n) is 9.40. The minimum Gasteiger partial charge on any atom is -0.456 e. The first-order chi connectivity index (χ1) is 15.8. The van der Waals surface area contributed by atoms with Gasteiger partial charge in [-0.3, -0.25) is 9.69 Å². The summed E-state index contributed by atoms with van der Waals surface area (Å²) < 4.78 is 11.6. The average Bonchev–Trinajstić information content (AvgIpc) is 3.14. The Morgan fingerprint density at radius 1 is 0.939 bits per heavy atom. The predicted octanol–water partition coefficient (Wildman–Crippen LogP) is 5.89. The molecule has 0 saturated heterocycles. The van der Waals surface area contributed by atoms with Gasteiger partial charge in [0.2, 0.25) is 5.91 Å². The molecule has 1 aliphatic heterocycles. The van der Waals surface area contributed by atoms with Gasteiger partial charge in [0.1, 0.15) is 22.8 Å². The number of rotatable bonds is 2. The van der Waals surface area contributed by atoms with Crippen LogP contribution in [-0.2, 0) is 22.5 Å². The fourth-order valence-corrected chi connectivity index (χ4v) is 4.30. The van der Waals surface area contributed by atoms with Crippen LogP contribution in [0.25, 0.3) is 21.9 Å². The topological polar surface area (TPSA) is 71.8 Å². The van der Waals surface area contributed by atoms with Gasteiger partial charge < -0.3 is 14.5 Å². The lowest BCUT2D eigenvalue weighted by Crippen LogP contribution is -2.52. The van der Waals surface area contributed by atoms with Crippen molar-refractivity contribution in [1.29, 1.82) is 0 Å². The number of hydrogen-bond acceptors (Lipinski definition) is 4. The Balaban J connectivity index is 1.43. The van der Waals surface area contributed by atoms with Crippen LogP contribution in [0.1, 0.15) is 31.9 Å². The van der Waals surface area contributed by atoms with Crippen molar-refractivity contribution in [2.45, 2.75) is 45.4 Å². The molecule has 0 saturated carbocycles. The number of para-hydroxylation sites is 1. The van der Waals surface area contributed by atoms with Crippen molar-refractivity contribution in [2.24, 2.45) is 0 Å². The largest absolute Gasteiger partial charge is 0.456 e. The summed E-state index contributed by atoms with van der Waals surface area (Å²) in [6.45, 7) is 5.78. The lowest BCUT2D eigenvalue weighted by molar-refractivity contribution is -0.121. The van der Waals surface area contributed by atoms with Gasteiger partial charge in [0, 0.05) is 28.9 Å². The van der Waals surface area contributed by atoms with Gasteiger partial charge in [0.05, 0.1) is 6.54 Å². The number of fused-ring (bicyclic) bond motifs is 4. The fraction of sp³-hybridized carbons (Fsp3) is 0.259. The van der Waals surface area contributed by atoms with Gasteiger partial charge in [-0.05, 0) is 50.1 Å². The highest BCUT2D eigenvalue weighted by Gasteiger charge is 2.37. The maximum atomic E-state index is 13.4. The number of furan rings is 1. The fourth-order valence-electron chi connectivity index (χ4n) is 4.30. The molecule has 5 rings (SSSR count). The van der Waals surface area contributed by atoms with E-state index >= 15 is 0 Å². The van der Waals surface area contributed by atoms with Crippen molar-refractivity contribution in [2.75, 3.05) is 5.32 Å². The highest BCUT2D eigenvalue weighted by Crippen LogP contribution is 2.31. The quantitative estimate of drug-likeness (QED) is 0.420. The second-order valence-corrected chi connectivity index (χ2v) is 9.40. The third-order valence-corrected chi connectivity index (χ3v) is 5.83. The minimum absolute atomic E-state index is 0.258. The van der Waals surface area contributed by atoms with Crippen molar-refractivity contribution < 1.29 is 18.7 Å². The lowest BCUT2D eigenvalue weighted by Gasteiger charge is -2.36. The van der Waals surface area contributed by atoms with Crippen molar-refractivity contribution in [3.8, 4) is 0 Å². The zero-order valence-electron chi connectivity index (χ0n) is 18.9. The van der Waals surface area contributed by atoms with Crippen LogP contribution in [-0.4, -0.2) is 28.5 Å².